The van der Waals surface area contributed by atoms with Gasteiger partial charge in [-0.2, -0.15) is 4.31 Å². The number of hydrogen-bond donors (Lipinski definition) is 1. The van der Waals surface area contributed by atoms with Gasteiger partial charge in [0.1, 0.15) is 0 Å². The van der Waals surface area contributed by atoms with Crippen LogP contribution in [-0.4, -0.2) is 25.8 Å². The van der Waals surface area contributed by atoms with Crippen molar-refractivity contribution in [3.05, 3.63) is 28.8 Å². The first-order chi connectivity index (χ1) is 9.28. The lowest BCUT2D eigenvalue weighted by atomic mass is 10.1. The molecule has 0 spiro atoms. The largest absolute Gasteiger partial charge is 0.326 e. The molecule has 0 aromatic heterocycles. The van der Waals surface area contributed by atoms with Gasteiger partial charge in [-0.3, -0.25) is 0 Å². The second-order valence-electron chi connectivity index (χ2n) is 5.84. The molecular weight excluding hydrogens is 272 g/mol. The van der Waals surface area contributed by atoms with Crippen molar-refractivity contribution in [2.24, 2.45) is 11.7 Å². The van der Waals surface area contributed by atoms with Crippen LogP contribution in [0.25, 0.3) is 0 Å². The monoisotopic (exact) mass is 296 g/mol. The van der Waals surface area contributed by atoms with E-state index < -0.39 is 10.0 Å². The summed E-state index contributed by atoms with van der Waals surface area (Å²) in [4.78, 5) is 0.396. The second-order valence-corrected chi connectivity index (χ2v) is 7.81. The Kier molecular flexibility index (Phi) is 4.23. The maximum Gasteiger partial charge on any atom is 0.243 e. The van der Waals surface area contributed by atoms with E-state index in [1.54, 1.807) is 13.1 Å². The summed E-state index contributed by atoms with van der Waals surface area (Å²) in [5, 5.41) is 0. The van der Waals surface area contributed by atoms with Crippen LogP contribution >= 0.6 is 0 Å². The highest BCUT2D eigenvalue weighted by atomic mass is 32.2. The molecule has 20 heavy (non-hydrogen) atoms. The van der Waals surface area contributed by atoms with Crippen LogP contribution in [0.15, 0.2) is 17.0 Å². The van der Waals surface area contributed by atoms with Crippen LogP contribution in [0, 0.1) is 19.8 Å². The molecule has 0 amide bonds. The number of rotatable bonds is 5. The normalized spacial score (nSPS) is 17.5. The first kappa shape index (κ1) is 15.5. The SMILES string of the molecule is Cc1cc(CN)cc(S(=O)(=O)N(C)C(C)C2CC2)c1C. The zero-order valence-electron chi connectivity index (χ0n) is 12.7. The molecule has 1 aliphatic rings. The fraction of sp³-hybridized carbons (Fsp3) is 0.600. The summed E-state index contributed by atoms with van der Waals surface area (Å²) >= 11 is 0. The Morgan fingerprint density at radius 3 is 2.45 bits per heavy atom. The predicted octanol–water partition coefficient (Wildman–Crippen LogP) is 2.18. The van der Waals surface area contributed by atoms with Gasteiger partial charge in [0.05, 0.1) is 4.90 Å². The molecule has 0 saturated heterocycles. The van der Waals surface area contributed by atoms with Crippen LogP contribution in [-0.2, 0) is 16.6 Å². The van der Waals surface area contributed by atoms with E-state index in [1.807, 2.05) is 26.8 Å². The fourth-order valence-corrected chi connectivity index (χ4v) is 4.30. The topological polar surface area (TPSA) is 63.4 Å². The predicted molar refractivity (Wildman–Crippen MR) is 80.9 cm³/mol. The molecule has 2 N–H and O–H groups in total. The van der Waals surface area contributed by atoms with Crippen molar-refractivity contribution in [3.8, 4) is 0 Å². The minimum Gasteiger partial charge on any atom is -0.326 e. The first-order valence-electron chi connectivity index (χ1n) is 7.07. The van der Waals surface area contributed by atoms with Crippen molar-refractivity contribution in [2.75, 3.05) is 7.05 Å². The molecule has 0 bridgehead atoms. The molecule has 0 aliphatic heterocycles. The molecule has 1 aromatic rings. The molecule has 1 unspecified atom stereocenters. The molecule has 1 aliphatic carbocycles. The molecule has 1 aromatic carbocycles. The summed E-state index contributed by atoms with van der Waals surface area (Å²) < 4.78 is 27.2. The Labute approximate surface area is 122 Å². The van der Waals surface area contributed by atoms with Gasteiger partial charge in [-0.1, -0.05) is 6.07 Å². The van der Waals surface area contributed by atoms with E-state index in [0.29, 0.717) is 17.4 Å². The van der Waals surface area contributed by atoms with Gasteiger partial charge < -0.3 is 5.73 Å². The van der Waals surface area contributed by atoms with E-state index >= 15 is 0 Å². The lowest BCUT2D eigenvalue weighted by Crippen LogP contribution is -2.36. The smallest absolute Gasteiger partial charge is 0.243 e. The summed E-state index contributed by atoms with van der Waals surface area (Å²) in [6, 6.07) is 3.73. The van der Waals surface area contributed by atoms with Crippen molar-refractivity contribution in [3.63, 3.8) is 0 Å². The third kappa shape index (κ3) is 2.75. The van der Waals surface area contributed by atoms with Crippen molar-refractivity contribution in [2.45, 2.75) is 51.1 Å². The standard InChI is InChI=1S/C15H24N2O2S/c1-10-7-13(9-16)8-15(11(10)2)20(18,19)17(4)12(3)14-5-6-14/h7-8,12,14H,5-6,9,16H2,1-4H3. The third-order valence-corrected chi connectivity index (χ3v) is 6.52. The van der Waals surface area contributed by atoms with E-state index in [1.165, 1.54) is 4.31 Å². The van der Waals surface area contributed by atoms with Crippen LogP contribution in [0.2, 0.25) is 0 Å². The molecule has 112 valence electrons. The lowest BCUT2D eigenvalue weighted by Gasteiger charge is -2.25. The van der Waals surface area contributed by atoms with Gasteiger partial charge in [0.25, 0.3) is 0 Å². The number of aryl methyl sites for hydroxylation is 1. The van der Waals surface area contributed by atoms with Crippen molar-refractivity contribution >= 4 is 10.0 Å². The molecular formula is C15H24N2O2S. The molecule has 1 fully saturated rings. The Balaban J connectivity index is 2.45. The van der Waals surface area contributed by atoms with E-state index in [-0.39, 0.29) is 6.04 Å². The number of nitrogens with two attached hydrogens (primary N) is 1. The number of sulfonamides is 1. The molecule has 1 saturated carbocycles. The maximum absolute atomic E-state index is 12.8. The molecule has 1 atom stereocenters. The quantitative estimate of drug-likeness (QED) is 0.906. The summed E-state index contributed by atoms with van der Waals surface area (Å²) in [7, 11) is -1.77. The van der Waals surface area contributed by atoms with Crippen LogP contribution in [0.3, 0.4) is 0 Å². The third-order valence-electron chi connectivity index (χ3n) is 4.45. The van der Waals surface area contributed by atoms with E-state index in [2.05, 4.69) is 0 Å². The number of benzene rings is 1. The minimum absolute atomic E-state index is 0.0567. The van der Waals surface area contributed by atoms with Gasteiger partial charge in [0, 0.05) is 19.6 Å². The lowest BCUT2D eigenvalue weighted by molar-refractivity contribution is 0.356. The fourth-order valence-electron chi connectivity index (χ4n) is 2.53. The van der Waals surface area contributed by atoms with Gasteiger partial charge in [-0.05, 0) is 62.3 Å². The Hall–Kier alpha value is -0.910. The van der Waals surface area contributed by atoms with E-state index in [9.17, 15) is 8.42 Å². The minimum atomic E-state index is -3.45. The second kappa shape index (κ2) is 5.47. The van der Waals surface area contributed by atoms with E-state index in [0.717, 1.165) is 29.5 Å². The molecule has 0 radical (unpaired) electrons. The maximum atomic E-state index is 12.8. The Morgan fingerprint density at radius 1 is 1.35 bits per heavy atom. The summed E-state index contributed by atoms with van der Waals surface area (Å²) in [5.41, 5.74) is 8.31. The van der Waals surface area contributed by atoms with Gasteiger partial charge in [0.2, 0.25) is 10.0 Å². The Morgan fingerprint density at radius 2 is 1.95 bits per heavy atom. The number of hydrogen-bond acceptors (Lipinski definition) is 3. The zero-order valence-corrected chi connectivity index (χ0v) is 13.5. The highest BCUT2D eigenvalue weighted by molar-refractivity contribution is 7.89. The van der Waals surface area contributed by atoms with Crippen LogP contribution in [0.1, 0.15) is 36.5 Å². The highest BCUT2D eigenvalue weighted by Crippen LogP contribution is 2.37. The van der Waals surface area contributed by atoms with E-state index in [4.69, 9.17) is 5.73 Å². The summed E-state index contributed by atoms with van der Waals surface area (Å²) in [6.45, 7) is 6.13. The van der Waals surface area contributed by atoms with Crippen molar-refractivity contribution in [1.82, 2.24) is 4.31 Å². The van der Waals surface area contributed by atoms with Gasteiger partial charge in [-0.25, -0.2) is 8.42 Å². The number of nitrogens with zero attached hydrogens (tertiary/aromatic N) is 1. The molecule has 2 rings (SSSR count). The summed E-state index contributed by atoms with van der Waals surface area (Å²) in [5.74, 6) is 0.508. The average molecular weight is 296 g/mol. The molecule has 5 heteroatoms. The van der Waals surface area contributed by atoms with Crippen LogP contribution in [0.4, 0.5) is 0 Å². The highest BCUT2D eigenvalue weighted by Gasteiger charge is 2.36. The van der Waals surface area contributed by atoms with Crippen molar-refractivity contribution in [1.29, 1.82) is 0 Å². The van der Waals surface area contributed by atoms with Gasteiger partial charge >= 0.3 is 0 Å². The zero-order chi connectivity index (χ0) is 15.1. The van der Waals surface area contributed by atoms with Crippen LogP contribution < -0.4 is 5.73 Å². The van der Waals surface area contributed by atoms with Crippen LogP contribution in [0.5, 0.6) is 0 Å². The molecule has 4 nitrogen and oxygen atoms in total. The van der Waals surface area contributed by atoms with Crippen molar-refractivity contribution < 1.29 is 8.42 Å². The first-order valence-corrected chi connectivity index (χ1v) is 8.51. The van der Waals surface area contributed by atoms with Gasteiger partial charge in [-0.15, -0.1) is 0 Å². The average Bonchev–Trinajstić information content (AvgIpc) is 3.24. The Bertz CT molecular complexity index is 607. The van der Waals surface area contributed by atoms with Gasteiger partial charge in [0.15, 0.2) is 0 Å². The molecule has 0 heterocycles. The summed E-state index contributed by atoms with van der Waals surface area (Å²) in [6.07, 6.45) is 2.25.